The predicted octanol–water partition coefficient (Wildman–Crippen LogP) is 0.923. The number of carbonyl (C=O) groups is 1. The second kappa shape index (κ2) is 6.08. The standard InChI is InChI=1S/C11H22N2O2/c1-3-10(11(14)15)13(2)8-9-6-4-5-7-12-9/h9-10,12H,3-8H2,1-2H3,(H,14,15). The molecule has 0 spiro atoms. The van der Waals surface area contributed by atoms with Gasteiger partial charge in [0.05, 0.1) is 0 Å². The van der Waals surface area contributed by atoms with Crippen LogP contribution in [-0.4, -0.2) is 48.2 Å². The van der Waals surface area contributed by atoms with Crippen LogP contribution in [0, 0.1) is 0 Å². The van der Waals surface area contributed by atoms with Gasteiger partial charge in [-0.1, -0.05) is 13.3 Å². The smallest absolute Gasteiger partial charge is 0.320 e. The Morgan fingerprint density at radius 1 is 1.60 bits per heavy atom. The van der Waals surface area contributed by atoms with Crippen LogP contribution >= 0.6 is 0 Å². The second-order valence-electron chi connectivity index (χ2n) is 4.35. The molecule has 2 atom stereocenters. The molecule has 1 rings (SSSR count). The van der Waals surface area contributed by atoms with Gasteiger partial charge in [-0.25, -0.2) is 0 Å². The number of piperidine rings is 1. The third-order valence-corrected chi connectivity index (χ3v) is 3.12. The van der Waals surface area contributed by atoms with Crippen molar-refractivity contribution in [3.8, 4) is 0 Å². The quantitative estimate of drug-likeness (QED) is 0.714. The largest absolute Gasteiger partial charge is 0.480 e. The summed E-state index contributed by atoms with van der Waals surface area (Å²) >= 11 is 0. The highest BCUT2D eigenvalue weighted by Gasteiger charge is 2.23. The SMILES string of the molecule is CCC(C(=O)O)N(C)CC1CCCCN1. The zero-order valence-electron chi connectivity index (χ0n) is 9.70. The summed E-state index contributed by atoms with van der Waals surface area (Å²) in [7, 11) is 1.90. The Morgan fingerprint density at radius 2 is 2.33 bits per heavy atom. The number of nitrogens with one attached hydrogen (secondary N) is 1. The lowest BCUT2D eigenvalue weighted by atomic mass is 10.0. The summed E-state index contributed by atoms with van der Waals surface area (Å²) in [6.07, 6.45) is 4.34. The van der Waals surface area contributed by atoms with Crippen molar-refractivity contribution in [1.82, 2.24) is 10.2 Å². The highest BCUT2D eigenvalue weighted by atomic mass is 16.4. The monoisotopic (exact) mass is 214 g/mol. The van der Waals surface area contributed by atoms with E-state index in [2.05, 4.69) is 5.32 Å². The lowest BCUT2D eigenvalue weighted by Crippen LogP contribution is -2.47. The lowest BCUT2D eigenvalue weighted by Gasteiger charge is -2.31. The molecule has 4 heteroatoms. The van der Waals surface area contributed by atoms with Crippen LogP contribution in [-0.2, 0) is 4.79 Å². The van der Waals surface area contributed by atoms with Gasteiger partial charge in [-0.05, 0) is 32.9 Å². The van der Waals surface area contributed by atoms with Crippen LogP contribution in [0.5, 0.6) is 0 Å². The van der Waals surface area contributed by atoms with Crippen LogP contribution < -0.4 is 5.32 Å². The molecule has 4 nitrogen and oxygen atoms in total. The fourth-order valence-electron chi connectivity index (χ4n) is 2.23. The molecule has 0 radical (unpaired) electrons. The number of nitrogens with zero attached hydrogens (tertiary/aromatic N) is 1. The van der Waals surface area contributed by atoms with Crippen LogP contribution in [0.4, 0.5) is 0 Å². The first-order chi connectivity index (χ1) is 7.15. The molecule has 0 aromatic carbocycles. The minimum Gasteiger partial charge on any atom is -0.480 e. The summed E-state index contributed by atoms with van der Waals surface area (Å²) < 4.78 is 0. The van der Waals surface area contributed by atoms with Crippen molar-refractivity contribution in [3.05, 3.63) is 0 Å². The van der Waals surface area contributed by atoms with E-state index in [9.17, 15) is 4.79 Å². The number of hydrogen-bond donors (Lipinski definition) is 2. The van der Waals surface area contributed by atoms with E-state index in [1.807, 2.05) is 18.9 Å². The maximum absolute atomic E-state index is 11.0. The van der Waals surface area contributed by atoms with E-state index in [4.69, 9.17) is 5.11 Å². The van der Waals surface area contributed by atoms with E-state index in [0.29, 0.717) is 12.5 Å². The topological polar surface area (TPSA) is 52.6 Å². The van der Waals surface area contributed by atoms with Gasteiger partial charge < -0.3 is 10.4 Å². The molecule has 0 aliphatic carbocycles. The van der Waals surface area contributed by atoms with Gasteiger partial charge in [0.2, 0.25) is 0 Å². The lowest BCUT2D eigenvalue weighted by molar-refractivity contribution is -0.143. The van der Waals surface area contributed by atoms with E-state index < -0.39 is 5.97 Å². The first-order valence-electron chi connectivity index (χ1n) is 5.81. The fourth-order valence-corrected chi connectivity index (χ4v) is 2.23. The third-order valence-electron chi connectivity index (χ3n) is 3.12. The number of carboxylic acids is 1. The molecule has 2 unspecified atom stereocenters. The number of likely N-dealkylation sites (N-methyl/N-ethyl adjacent to an activating group) is 1. The van der Waals surface area contributed by atoms with Crippen LogP contribution in [0.3, 0.4) is 0 Å². The van der Waals surface area contributed by atoms with Crippen molar-refractivity contribution in [2.24, 2.45) is 0 Å². The highest BCUT2D eigenvalue weighted by Crippen LogP contribution is 2.10. The highest BCUT2D eigenvalue weighted by molar-refractivity contribution is 5.73. The van der Waals surface area contributed by atoms with E-state index in [1.54, 1.807) is 0 Å². The molecular formula is C11H22N2O2. The number of carboxylic acid groups (broad SMARTS) is 1. The maximum atomic E-state index is 11.0. The number of aliphatic carboxylic acids is 1. The predicted molar refractivity (Wildman–Crippen MR) is 60.0 cm³/mol. The Morgan fingerprint density at radius 3 is 2.80 bits per heavy atom. The molecular weight excluding hydrogens is 192 g/mol. The molecule has 0 aromatic rings. The zero-order valence-corrected chi connectivity index (χ0v) is 9.70. The molecule has 0 amide bonds. The van der Waals surface area contributed by atoms with Crippen molar-refractivity contribution in [3.63, 3.8) is 0 Å². The maximum Gasteiger partial charge on any atom is 0.320 e. The summed E-state index contributed by atoms with van der Waals surface area (Å²) in [5.41, 5.74) is 0. The van der Waals surface area contributed by atoms with Crippen LogP contribution in [0.2, 0.25) is 0 Å². The van der Waals surface area contributed by atoms with Crippen molar-refractivity contribution in [2.75, 3.05) is 20.1 Å². The first kappa shape index (κ1) is 12.5. The van der Waals surface area contributed by atoms with Crippen LogP contribution in [0.1, 0.15) is 32.6 Å². The Labute approximate surface area is 91.6 Å². The van der Waals surface area contributed by atoms with E-state index in [0.717, 1.165) is 13.1 Å². The molecule has 1 saturated heterocycles. The van der Waals surface area contributed by atoms with Gasteiger partial charge in [-0.2, -0.15) is 0 Å². The fraction of sp³-hybridized carbons (Fsp3) is 0.909. The van der Waals surface area contributed by atoms with E-state index in [1.165, 1.54) is 19.3 Å². The minimum absolute atomic E-state index is 0.339. The molecule has 2 N–H and O–H groups in total. The second-order valence-corrected chi connectivity index (χ2v) is 4.35. The van der Waals surface area contributed by atoms with Crippen LogP contribution in [0.15, 0.2) is 0 Å². The Hall–Kier alpha value is -0.610. The van der Waals surface area contributed by atoms with Gasteiger partial charge in [-0.3, -0.25) is 9.69 Å². The Kier molecular flexibility index (Phi) is 5.05. The van der Waals surface area contributed by atoms with Gasteiger partial charge in [0.15, 0.2) is 0 Å². The van der Waals surface area contributed by atoms with Crippen LogP contribution in [0.25, 0.3) is 0 Å². The van der Waals surface area contributed by atoms with Crippen molar-refractivity contribution in [2.45, 2.75) is 44.7 Å². The van der Waals surface area contributed by atoms with Crippen molar-refractivity contribution < 1.29 is 9.90 Å². The molecule has 88 valence electrons. The summed E-state index contributed by atoms with van der Waals surface area (Å²) in [4.78, 5) is 12.9. The molecule has 15 heavy (non-hydrogen) atoms. The molecule has 0 bridgehead atoms. The Bertz CT molecular complexity index is 203. The molecule has 1 fully saturated rings. The summed E-state index contributed by atoms with van der Waals surface area (Å²) in [5.74, 6) is -0.712. The number of rotatable bonds is 5. The van der Waals surface area contributed by atoms with E-state index >= 15 is 0 Å². The minimum atomic E-state index is -0.712. The molecule has 0 aromatic heterocycles. The zero-order chi connectivity index (χ0) is 11.3. The summed E-state index contributed by atoms with van der Waals surface area (Å²) in [5, 5.41) is 12.4. The third kappa shape index (κ3) is 3.80. The van der Waals surface area contributed by atoms with Crippen molar-refractivity contribution in [1.29, 1.82) is 0 Å². The van der Waals surface area contributed by atoms with Gasteiger partial charge in [-0.15, -0.1) is 0 Å². The normalized spacial score (nSPS) is 24.1. The first-order valence-corrected chi connectivity index (χ1v) is 5.81. The van der Waals surface area contributed by atoms with Gasteiger partial charge in [0, 0.05) is 12.6 Å². The summed E-state index contributed by atoms with van der Waals surface area (Å²) in [6.45, 7) is 3.83. The molecule has 1 aliphatic rings. The molecule has 1 aliphatic heterocycles. The van der Waals surface area contributed by atoms with Crippen molar-refractivity contribution >= 4 is 5.97 Å². The average molecular weight is 214 g/mol. The van der Waals surface area contributed by atoms with Gasteiger partial charge in [0.1, 0.15) is 6.04 Å². The molecule has 1 heterocycles. The molecule has 0 saturated carbocycles. The Balaban J connectivity index is 2.38. The van der Waals surface area contributed by atoms with Gasteiger partial charge >= 0.3 is 5.97 Å². The summed E-state index contributed by atoms with van der Waals surface area (Å²) in [6, 6.07) is 0.130. The van der Waals surface area contributed by atoms with E-state index in [-0.39, 0.29) is 6.04 Å². The van der Waals surface area contributed by atoms with Gasteiger partial charge in [0.25, 0.3) is 0 Å². The number of hydrogen-bond acceptors (Lipinski definition) is 3. The average Bonchev–Trinajstić information content (AvgIpc) is 2.19.